The number of amides is 2. The summed E-state index contributed by atoms with van der Waals surface area (Å²) in [6.45, 7) is 3.25. The van der Waals surface area contributed by atoms with Gasteiger partial charge in [0.15, 0.2) is 0 Å². The molecule has 0 bridgehead atoms. The van der Waals surface area contributed by atoms with Crippen molar-refractivity contribution in [3.05, 3.63) is 29.3 Å². The Morgan fingerprint density at radius 1 is 1.14 bits per heavy atom. The van der Waals surface area contributed by atoms with Gasteiger partial charge in [0.2, 0.25) is 11.8 Å². The summed E-state index contributed by atoms with van der Waals surface area (Å²) >= 11 is 7.15. The van der Waals surface area contributed by atoms with Crippen LogP contribution in [0, 0.1) is 0 Å². The predicted octanol–water partition coefficient (Wildman–Crippen LogP) is 1.88. The maximum atomic E-state index is 13.2. The summed E-state index contributed by atoms with van der Waals surface area (Å²) < 4.78 is 29.6. The molecule has 3 fully saturated rings. The van der Waals surface area contributed by atoms with E-state index in [2.05, 4.69) is 9.62 Å². The highest BCUT2D eigenvalue weighted by atomic mass is 35.5. The van der Waals surface area contributed by atoms with Crippen molar-refractivity contribution in [3.63, 3.8) is 0 Å². The van der Waals surface area contributed by atoms with Gasteiger partial charge in [0.05, 0.1) is 12.6 Å². The Bertz CT molecular complexity index is 1250. The lowest BCUT2D eigenvalue weighted by atomic mass is 10.1. The second-order valence-corrected chi connectivity index (χ2v) is 13.4. The summed E-state index contributed by atoms with van der Waals surface area (Å²) in [4.78, 5) is 31.9. The van der Waals surface area contributed by atoms with Crippen molar-refractivity contribution in [3.8, 4) is 0 Å². The molecule has 1 aromatic heterocycles. The summed E-state index contributed by atoms with van der Waals surface area (Å²) in [5, 5.41) is 11.1. The first-order chi connectivity index (χ1) is 17.2. The Morgan fingerprint density at radius 2 is 1.94 bits per heavy atom. The summed E-state index contributed by atoms with van der Waals surface area (Å²) in [5.41, 5.74) is 0. The molecule has 2 aromatic rings. The lowest BCUT2D eigenvalue weighted by Gasteiger charge is -2.34. The van der Waals surface area contributed by atoms with Crippen molar-refractivity contribution in [1.82, 2.24) is 19.4 Å². The van der Waals surface area contributed by atoms with Crippen LogP contribution in [0.1, 0.15) is 32.1 Å². The Labute approximate surface area is 220 Å². The van der Waals surface area contributed by atoms with Gasteiger partial charge >= 0.3 is 0 Å². The van der Waals surface area contributed by atoms with Gasteiger partial charge in [0, 0.05) is 48.5 Å². The number of nitrogens with one attached hydrogen (secondary N) is 1. The summed E-state index contributed by atoms with van der Waals surface area (Å²) in [6, 6.07) is 5.95. The quantitative estimate of drug-likeness (QED) is 0.541. The van der Waals surface area contributed by atoms with Gasteiger partial charge in [-0.15, -0.1) is 11.3 Å². The zero-order chi connectivity index (χ0) is 25.4. The molecule has 0 spiro atoms. The fourth-order valence-corrected chi connectivity index (χ4v) is 8.26. The van der Waals surface area contributed by atoms with Gasteiger partial charge in [-0.05, 0) is 61.8 Å². The summed E-state index contributed by atoms with van der Waals surface area (Å²) in [5.74, 6) is -0.462. The minimum Gasteiger partial charge on any atom is -0.392 e. The molecule has 0 aliphatic carbocycles. The number of hydrogen-bond donors (Lipinski definition) is 2. The normalized spacial score (nSPS) is 25.8. The van der Waals surface area contributed by atoms with Gasteiger partial charge in [-0.1, -0.05) is 11.6 Å². The molecule has 1 unspecified atom stereocenters. The smallest absolute Gasteiger partial charge is 0.250 e. The first kappa shape index (κ1) is 25.9. The number of aliphatic hydroxyl groups excluding tert-OH is 1. The van der Waals surface area contributed by atoms with Gasteiger partial charge in [-0.3, -0.25) is 14.5 Å². The van der Waals surface area contributed by atoms with E-state index in [1.54, 1.807) is 24.3 Å². The van der Waals surface area contributed by atoms with Crippen molar-refractivity contribution in [2.75, 3.05) is 39.3 Å². The lowest BCUT2D eigenvalue weighted by Crippen LogP contribution is -2.55. The number of thiophene rings is 1. The number of piperidine rings is 1. The molecule has 3 aliphatic heterocycles. The number of aliphatic hydroxyl groups is 1. The van der Waals surface area contributed by atoms with Crippen molar-refractivity contribution < 1.29 is 23.1 Å². The van der Waals surface area contributed by atoms with E-state index in [1.807, 2.05) is 4.90 Å². The number of β-amino-alcohol motifs (C(OH)–C–C–N with tert-alkyl or cyclic N) is 1. The third kappa shape index (κ3) is 5.56. The van der Waals surface area contributed by atoms with E-state index < -0.39 is 16.1 Å². The third-order valence-electron chi connectivity index (χ3n) is 7.29. The van der Waals surface area contributed by atoms with Crippen LogP contribution in [0.3, 0.4) is 0 Å². The number of nitrogens with zero attached hydrogens (tertiary/aromatic N) is 3. The van der Waals surface area contributed by atoms with E-state index >= 15 is 0 Å². The number of sulfonamides is 1. The minimum absolute atomic E-state index is 0.0441. The molecule has 1 aromatic carbocycles. The highest BCUT2D eigenvalue weighted by molar-refractivity contribution is 7.91. The number of halogens is 1. The summed E-state index contributed by atoms with van der Waals surface area (Å²) in [6.07, 6.45) is 3.30. The van der Waals surface area contributed by atoms with Crippen LogP contribution in [0.4, 0.5) is 0 Å². The maximum Gasteiger partial charge on any atom is 0.250 e. The van der Waals surface area contributed by atoms with Crippen LogP contribution in [-0.4, -0.2) is 97.5 Å². The van der Waals surface area contributed by atoms with E-state index in [4.69, 9.17) is 11.6 Å². The van der Waals surface area contributed by atoms with E-state index in [1.165, 1.54) is 4.90 Å². The Balaban J connectivity index is 1.21. The number of benzene rings is 1. The minimum atomic E-state index is -3.91. The van der Waals surface area contributed by atoms with Crippen LogP contribution in [0.25, 0.3) is 10.1 Å². The van der Waals surface area contributed by atoms with E-state index in [0.29, 0.717) is 37.5 Å². The number of carbonyl (C=O) groups is 2. The van der Waals surface area contributed by atoms with Gasteiger partial charge in [-0.25, -0.2) is 8.42 Å². The summed E-state index contributed by atoms with van der Waals surface area (Å²) in [7, 11) is -3.91. The van der Waals surface area contributed by atoms with Crippen LogP contribution >= 0.6 is 22.9 Å². The van der Waals surface area contributed by atoms with E-state index in [-0.39, 0.29) is 34.7 Å². The predicted molar refractivity (Wildman–Crippen MR) is 139 cm³/mol. The van der Waals surface area contributed by atoms with Gasteiger partial charge in [0.1, 0.15) is 10.3 Å². The highest BCUT2D eigenvalue weighted by Gasteiger charge is 2.37. The fourth-order valence-electron chi connectivity index (χ4n) is 5.46. The molecule has 5 rings (SSSR count). The maximum absolute atomic E-state index is 13.2. The molecule has 36 heavy (non-hydrogen) atoms. The first-order valence-electron chi connectivity index (χ1n) is 12.4. The Kier molecular flexibility index (Phi) is 7.58. The van der Waals surface area contributed by atoms with Gasteiger partial charge < -0.3 is 14.9 Å². The second-order valence-electron chi connectivity index (χ2n) is 9.91. The van der Waals surface area contributed by atoms with Crippen LogP contribution < -0.4 is 4.72 Å². The molecule has 3 atom stereocenters. The number of fused-ring (bicyclic) bond motifs is 1. The van der Waals surface area contributed by atoms with E-state index in [0.717, 1.165) is 53.8 Å². The first-order valence-corrected chi connectivity index (χ1v) is 15.1. The van der Waals surface area contributed by atoms with Gasteiger partial charge in [-0.2, -0.15) is 4.72 Å². The molecule has 2 N–H and O–H groups in total. The van der Waals surface area contributed by atoms with Crippen molar-refractivity contribution in [2.45, 2.75) is 54.5 Å². The fraction of sp³-hybridized carbons (Fsp3) is 0.583. The van der Waals surface area contributed by atoms with Crippen molar-refractivity contribution in [2.24, 2.45) is 0 Å². The standard InChI is InChI=1S/C24H31ClN4O5S2/c25-17-5-6-21-16(11-17)12-23(35-21)36(33,34)26-20-4-2-8-28(24(20)32)15-22(31)29-9-1-3-18(29)13-27-10-7-19(30)14-27/h5-6,11-12,18-20,26,30H,1-4,7-10,13-15H2/t18-,19?,20-/m0/s1. The Morgan fingerprint density at radius 3 is 2.72 bits per heavy atom. The zero-order valence-electron chi connectivity index (χ0n) is 19.9. The number of likely N-dealkylation sites (tertiary alicyclic amines) is 3. The molecule has 9 nitrogen and oxygen atoms in total. The number of rotatable bonds is 7. The number of carbonyl (C=O) groups excluding carboxylic acids is 2. The molecular weight excluding hydrogens is 524 g/mol. The van der Waals surface area contributed by atoms with Crippen LogP contribution in [0.15, 0.2) is 28.5 Å². The molecule has 0 saturated carbocycles. The SMILES string of the molecule is O=C1[C@@H](NS(=O)(=O)c2cc3cc(Cl)ccc3s2)CCCN1CC(=O)N1CCC[C@H]1CN1CCC(O)C1. The van der Waals surface area contributed by atoms with Gasteiger partial charge in [0.25, 0.3) is 10.0 Å². The lowest BCUT2D eigenvalue weighted by molar-refractivity contribution is -0.143. The molecule has 0 radical (unpaired) electrons. The molecule has 12 heteroatoms. The molecule has 196 valence electrons. The van der Waals surface area contributed by atoms with Crippen molar-refractivity contribution in [1.29, 1.82) is 0 Å². The van der Waals surface area contributed by atoms with E-state index in [9.17, 15) is 23.1 Å². The highest BCUT2D eigenvalue weighted by Crippen LogP contribution is 2.31. The van der Waals surface area contributed by atoms with Crippen LogP contribution in [-0.2, 0) is 19.6 Å². The molecular formula is C24H31ClN4O5S2. The molecule has 3 saturated heterocycles. The molecule has 2 amide bonds. The third-order valence-corrected chi connectivity index (χ3v) is 10.6. The second kappa shape index (κ2) is 10.5. The van der Waals surface area contributed by atoms with Crippen molar-refractivity contribution >= 4 is 54.9 Å². The molecule has 3 aliphatic rings. The number of hydrogen-bond acceptors (Lipinski definition) is 7. The largest absolute Gasteiger partial charge is 0.392 e. The Hall–Kier alpha value is -1.76. The zero-order valence-corrected chi connectivity index (χ0v) is 22.3. The van der Waals surface area contributed by atoms with Crippen LogP contribution in [0.5, 0.6) is 0 Å². The monoisotopic (exact) mass is 554 g/mol. The molecule has 4 heterocycles. The average Bonchev–Trinajstić information content (AvgIpc) is 3.56. The van der Waals surface area contributed by atoms with Crippen LogP contribution in [0.2, 0.25) is 5.02 Å². The topological polar surface area (TPSA) is 110 Å². The average molecular weight is 555 g/mol.